The van der Waals surface area contributed by atoms with E-state index in [9.17, 15) is 61.8 Å². The van der Waals surface area contributed by atoms with Gasteiger partial charge in [0.2, 0.25) is 12.3 Å². The molecule has 8 N–H and O–H groups in total. The first-order valence-corrected chi connectivity index (χ1v) is 43.3. The van der Waals surface area contributed by atoms with Crippen molar-refractivity contribution in [3.8, 4) is 0 Å². The van der Waals surface area contributed by atoms with Gasteiger partial charge in [-0.05, 0) is 47.0 Å². The van der Waals surface area contributed by atoms with Crippen LogP contribution in [0.2, 0.25) is 0 Å². The molecular formula is C49H72N11O29P5S5. The quantitative estimate of drug-likeness (QED) is 0.0190. The number of anilines is 1. The zero-order valence-corrected chi connectivity index (χ0v) is 61.8. The number of aliphatic hydroxyl groups is 2. The first kappa shape index (κ1) is 78.3. The fourth-order valence-electron chi connectivity index (χ4n) is 11.0. The number of aromatic nitrogens is 8. The summed E-state index contributed by atoms with van der Waals surface area (Å²) in [6.07, 6.45) is -16.3. The maximum Gasteiger partial charge on any atom is 0.386 e. The minimum atomic E-state index is -4.89. The summed E-state index contributed by atoms with van der Waals surface area (Å²) in [5.74, 6) is -0.872. The van der Waals surface area contributed by atoms with Gasteiger partial charge >= 0.3 is 45.4 Å². The average molecular weight is 1590 g/mol. The number of ether oxygens (including phenoxy) is 6. The van der Waals surface area contributed by atoms with Gasteiger partial charge < -0.3 is 59.1 Å². The zero-order valence-electron chi connectivity index (χ0n) is 52.9. The number of fused-ring (bicyclic) bond motifs is 1. The Balaban J connectivity index is 0.877. The van der Waals surface area contributed by atoms with E-state index in [1.54, 1.807) is 6.92 Å². The van der Waals surface area contributed by atoms with E-state index < -0.39 is 192 Å². The molecule has 552 valence electrons. The average Bonchev–Trinajstić information content (AvgIpc) is 1.66. The number of amides is 1. The van der Waals surface area contributed by atoms with Crippen LogP contribution in [-0.2, 0) is 101 Å². The summed E-state index contributed by atoms with van der Waals surface area (Å²) in [7, 11) is 2.34. The Hall–Kier alpha value is -3.30. The molecule has 9 heterocycles. The number of nitrogen functional groups attached to an aromatic ring is 1. The second-order valence-corrected chi connectivity index (χ2v) is 37.9. The molecule has 4 aromatic rings. The number of aliphatic hydroxyl groups excluding tert-OH is 2. The number of H-pyrrole nitrogens is 3. The third kappa shape index (κ3) is 19.0. The topological polar surface area (TPSA) is 505 Å². The largest absolute Gasteiger partial charge is 0.396 e. The van der Waals surface area contributed by atoms with Gasteiger partial charge in [0.15, 0.2) is 23.6 Å². The van der Waals surface area contributed by atoms with Gasteiger partial charge in [-0.15, -0.1) is 0 Å². The van der Waals surface area contributed by atoms with Crippen molar-refractivity contribution in [2.45, 2.75) is 158 Å². The molecule has 12 unspecified atom stereocenters. The number of rotatable bonds is 32. The normalized spacial score (nSPS) is 31.5. The van der Waals surface area contributed by atoms with E-state index in [1.165, 1.54) is 49.9 Å². The molecule has 99 heavy (non-hydrogen) atoms. The molecule has 1 saturated carbocycles. The zero-order chi connectivity index (χ0) is 72.1. The molecule has 5 aliphatic heterocycles. The van der Waals surface area contributed by atoms with Crippen LogP contribution in [0.4, 0.5) is 5.95 Å². The lowest BCUT2D eigenvalue weighted by Gasteiger charge is -2.35. The highest BCUT2D eigenvalue weighted by molar-refractivity contribution is 8.45. The van der Waals surface area contributed by atoms with E-state index in [0.717, 1.165) is 28.6 Å². The Labute approximate surface area is 586 Å². The standard InChI is InChI=1S/C49H72N11O29P5S5/c1-22-14-57(46(66)54-39(22)62)31-12-25(27(81-31)17-77-91(70,96)86-26-13-32(60-21-51-33-38(60)52-45(50)53-42(33)65)82-28(26)18-80-94(73,99)89-49(4)8-9-49)85-92(71,97)78-19-29-35(37(75-6)44(83-29)59-16-24(3)41(64)56-48(59)68)88-93(72,98)79-20-30-34(87-90(69,95)76-11-7-10-61)36(74-5)43(84-30)58-15-23(2)40(63)55-47(58)67/h14-16,21,25-32,34-37,43-44,46,61,66H,7-13,17-20H2,1-6H3,(H,54,62)(H,69,95)(H,70,96)(H,71,97)(H,72,98)(H,73,99)(H,55,63,67)(H,56,64,68)(H3,50,52,53,65)/t25?,26?,27-,28-,29-,30-,31-,32-,34?,35?,36?,37?,43-,44-,46?,90?,91?,92?,93?,94?/m1/s1. The molecule has 6 aliphatic rings. The van der Waals surface area contributed by atoms with Crippen LogP contribution >= 0.6 is 95.2 Å². The van der Waals surface area contributed by atoms with E-state index in [4.69, 9.17) is 79.4 Å². The van der Waals surface area contributed by atoms with Crippen LogP contribution in [0.3, 0.4) is 0 Å². The second-order valence-electron chi connectivity index (χ2n) is 23.5. The van der Waals surface area contributed by atoms with Gasteiger partial charge in [-0.25, -0.2) is 37.4 Å². The van der Waals surface area contributed by atoms with Crippen molar-refractivity contribution >= 4 is 118 Å². The van der Waals surface area contributed by atoms with Crippen LogP contribution in [0.15, 0.2) is 54.5 Å². The third-order valence-electron chi connectivity index (χ3n) is 16.2. The molecule has 0 aromatic carbocycles. The fourth-order valence-corrected chi connectivity index (χ4v) is 19.0. The number of carbonyl (C=O) groups is 1. The Bertz CT molecular complexity index is 4260. The maximum atomic E-state index is 14.7. The number of nitrogens with two attached hydrogens (primary N) is 1. The van der Waals surface area contributed by atoms with Crippen LogP contribution in [0.5, 0.6) is 0 Å². The summed E-state index contributed by atoms with van der Waals surface area (Å²) in [5, 5.41) is 22.7. The van der Waals surface area contributed by atoms with E-state index in [0.29, 0.717) is 12.8 Å². The number of carbonyl (C=O) groups excluding carboxylic acids is 1. The molecule has 50 heteroatoms. The molecule has 4 saturated heterocycles. The molecule has 4 aromatic heterocycles. The summed E-state index contributed by atoms with van der Waals surface area (Å²) >= 11 is 21.0. The van der Waals surface area contributed by atoms with Crippen LogP contribution < -0.4 is 39.1 Å². The van der Waals surface area contributed by atoms with Crippen molar-refractivity contribution in [1.82, 2.24) is 48.8 Å². The lowest BCUT2D eigenvalue weighted by molar-refractivity contribution is -0.142. The second kappa shape index (κ2) is 31.4. The molecule has 20 atom stereocenters. The van der Waals surface area contributed by atoms with E-state index in [1.807, 2.05) is 0 Å². The van der Waals surface area contributed by atoms with Gasteiger partial charge in [-0.1, -0.05) is 61.2 Å². The number of aryl methyl sites for hydroxylation is 2. The first-order chi connectivity index (χ1) is 46.4. The number of methoxy groups -OCH3 is 2. The number of nitrogens with one attached hydrogen (secondary N) is 4. The summed E-state index contributed by atoms with van der Waals surface area (Å²) in [5.41, 5.74) is 1.09. The van der Waals surface area contributed by atoms with E-state index in [-0.39, 0.29) is 66.3 Å². The first-order valence-electron chi connectivity index (χ1n) is 29.8. The van der Waals surface area contributed by atoms with Gasteiger partial charge in [0, 0.05) is 69.0 Å². The van der Waals surface area contributed by atoms with Crippen molar-refractivity contribution in [3.63, 3.8) is 0 Å². The summed E-state index contributed by atoms with van der Waals surface area (Å²) in [6.45, 7) is -20.6. The Kier molecular flexibility index (Phi) is 24.8. The summed E-state index contributed by atoms with van der Waals surface area (Å²) in [6, 6.07) is 0. The Morgan fingerprint density at radius 3 is 1.59 bits per heavy atom. The molecule has 0 spiro atoms. The predicted octanol–water partition coefficient (Wildman–Crippen LogP) is 3.02. The maximum absolute atomic E-state index is 14.7. The SMILES string of the molecule is COC1C(OP(=O)(S)OC[C@H]2O[C@@H](n3cc(C)c(=O)[nH]c3=O)C(OC)C2OP(=O)(S)OCCCO)[C@@H](COP(=O)(S)OC2C[C@H](N3C=C(C)C(=O)NC3O)O[C@@H]2COP(=O)(S)OC2C[C@H](n3cnc4c(=O)[nH]c(N)nc43)O[C@@H]2COP(=O)(S)OC2(C)CC2)O[C@H]1n1cc(C)c(=O)[nH]c1=O. The van der Waals surface area contributed by atoms with Gasteiger partial charge in [0.25, 0.3) is 22.6 Å². The third-order valence-corrected chi connectivity index (χ3v) is 24.4. The van der Waals surface area contributed by atoms with E-state index in [2.05, 4.69) is 91.5 Å². The van der Waals surface area contributed by atoms with Crippen molar-refractivity contribution in [2.24, 2.45) is 0 Å². The molecule has 1 aliphatic carbocycles. The van der Waals surface area contributed by atoms with Crippen LogP contribution in [0.25, 0.3) is 11.2 Å². The highest BCUT2D eigenvalue weighted by atomic mass is 32.7. The number of hydrogen-bond donors (Lipinski definition) is 12. The van der Waals surface area contributed by atoms with Crippen LogP contribution in [-0.4, -0.2) is 193 Å². The summed E-state index contributed by atoms with van der Waals surface area (Å²) < 4.78 is 169. The number of hydrogen-bond acceptors (Lipinski definition) is 33. The molecule has 1 amide bonds. The molecule has 10 rings (SSSR count). The minimum Gasteiger partial charge on any atom is -0.396 e. The lowest BCUT2D eigenvalue weighted by Crippen LogP contribution is -2.53. The molecular weight excluding hydrogens is 1520 g/mol. The predicted molar refractivity (Wildman–Crippen MR) is 358 cm³/mol. The lowest BCUT2D eigenvalue weighted by atomic mass is 10.1. The summed E-state index contributed by atoms with van der Waals surface area (Å²) in [4.78, 5) is 93.0. The Morgan fingerprint density at radius 1 is 0.626 bits per heavy atom. The van der Waals surface area contributed by atoms with Gasteiger partial charge in [0.05, 0.1) is 45.0 Å². The van der Waals surface area contributed by atoms with Gasteiger partial charge in [0.1, 0.15) is 73.5 Å². The molecule has 0 radical (unpaired) electrons. The number of aromatic amines is 3. The fraction of sp³-hybridized carbons (Fsp3) is 0.673. The number of thiol groups is 5. The molecule has 40 nitrogen and oxygen atoms in total. The molecule has 5 fully saturated rings. The molecule has 0 bridgehead atoms. The van der Waals surface area contributed by atoms with Crippen molar-refractivity contribution in [2.75, 3.05) is 59.6 Å². The Morgan fingerprint density at radius 2 is 1.09 bits per heavy atom. The van der Waals surface area contributed by atoms with Gasteiger partial charge in [-0.3, -0.25) is 88.5 Å². The van der Waals surface area contributed by atoms with Crippen molar-refractivity contribution in [1.29, 1.82) is 0 Å². The number of nitrogens with zero attached hydrogens (tertiary/aromatic N) is 6. The van der Waals surface area contributed by atoms with Crippen LogP contribution in [0.1, 0.15) is 75.8 Å². The van der Waals surface area contributed by atoms with E-state index >= 15 is 0 Å². The number of imidazole rings is 1. The highest BCUT2D eigenvalue weighted by Crippen LogP contribution is 2.64. The highest BCUT2D eigenvalue weighted by Gasteiger charge is 2.55. The monoisotopic (exact) mass is 1590 g/mol. The van der Waals surface area contributed by atoms with Crippen molar-refractivity contribution < 1.29 is 111 Å². The van der Waals surface area contributed by atoms with Crippen molar-refractivity contribution in [3.05, 3.63) is 93.7 Å². The smallest absolute Gasteiger partial charge is 0.386 e. The van der Waals surface area contributed by atoms with Crippen LogP contribution in [0, 0.1) is 13.8 Å². The minimum absolute atomic E-state index is 0.00249. The van der Waals surface area contributed by atoms with Gasteiger partial charge in [-0.2, -0.15) is 4.98 Å².